The molecule has 2 atom stereocenters. The largest absolute Gasteiger partial charge is 0.387 e. The van der Waals surface area contributed by atoms with E-state index in [0.29, 0.717) is 5.25 Å². The molecular formula is C13H27NOS. The van der Waals surface area contributed by atoms with Crippen LogP contribution in [-0.4, -0.2) is 34.8 Å². The number of hydrogen-bond acceptors (Lipinski definition) is 3. The first-order valence-electron chi connectivity index (χ1n) is 6.71. The van der Waals surface area contributed by atoms with Crippen LogP contribution < -0.4 is 5.32 Å². The second-order valence-electron chi connectivity index (χ2n) is 4.90. The molecule has 1 aliphatic carbocycles. The van der Waals surface area contributed by atoms with E-state index in [1.807, 2.05) is 11.8 Å². The lowest BCUT2D eigenvalue weighted by molar-refractivity contribution is -0.0237. The molecule has 16 heavy (non-hydrogen) atoms. The first kappa shape index (κ1) is 14.3. The Morgan fingerprint density at radius 1 is 1.38 bits per heavy atom. The zero-order chi connectivity index (χ0) is 12.0. The molecule has 0 aromatic rings. The lowest BCUT2D eigenvalue weighted by Gasteiger charge is -2.45. The summed E-state index contributed by atoms with van der Waals surface area (Å²) >= 11 is 1.91. The predicted octanol–water partition coefficient (Wildman–Crippen LogP) is 2.66. The molecule has 0 radical (unpaired) electrons. The van der Waals surface area contributed by atoms with Gasteiger partial charge in [-0.25, -0.2) is 0 Å². The number of rotatable bonds is 8. The van der Waals surface area contributed by atoms with Gasteiger partial charge in [-0.1, -0.05) is 33.6 Å². The molecule has 96 valence electrons. The van der Waals surface area contributed by atoms with Crippen molar-refractivity contribution in [2.24, 2.45) is 5.92 Å². The number of nitrogens with one attached hydrogen (secondary N) is 1. The Bertz CT molecular complexity index is 196. The Morgan fingerprint density at radius 2 is 2.06 bits per heavy atom. The molecular weight excluding hydrogens is 218 g/mol. The van der Waals surface area contributed by atoms with E-state index in [2.05, 4.69) is 26.1 Å². The first-order valence-corrected chi connectivity index (χ1v) is 7.75. The standard InChI is InChI=1S/C13H27NOS/c1-4-11(5-2)9-14-10-13(15)8-7-12(13)16-6-3/h11-12,14-15H,4-10H2,1-3H3. The number of thioether (sulfide) groups is 1. The molecule has 2 N–H and O–H groups in total. The van der Waals surface area contributed by atoms with Gasteiger partial charge in [0.05, 0.1) is 5.60 Å². The Hall–Kier alpha value is 0.270. The average molecular weight is 245 g/mol. The Balaban J connectivity index is 2.21. The fourth-order valence-corrected chi connectivity index (χ4v) is 3.51. The number of aliphatic hydroxyl groups is 1. The summed E-state index contributed by atoms with van der Waals surface area (Å²) in [5, 5.41) is 14.3. The van der Waals surface area contributed by atoms with Crippen LogP contribution in [0.3, 0.4) is 0 Å². The summed E-state index contributed by atoms with van der Waals surface area (Å²) in [6.07, 6.45) is 4.62. The smallest absolute Gasteiger partial charge is 0.0889 e. The maximum atomic E-state index is 10.4. The van der Waals surface area contributed by atoms with Crippen molar-refractivity contribution < 1.29 is 5.11 Å². The van der Waals surface area contributed by atoms with Gasteiger partial charge in [0.15, 0.2) is 0 Å². The van der Waals surface area contributed by atoms with Crippen LogP contribution in [0.4, 0.5) is 0 Å². The maximum Gasteiger partial charge on any atom is 0.0889 e. The van der Waals surface area contributed by atoms with Crippen LogP contribution in [-0.2, 0) is 0 Å². The maximum absolute atomic E-state index is 10.4. The van der Waals surface area contributed by atoms with Gasteiger partial charge in [0.2, 0.25) is 0 Å². The van der Waals surface area contributed by atoms with Crippen molar-refractivity contribution in [2.45, 2.75) is 57.3 Å². The van der Waals surface area contributed by atoms with E-state index in [1.165, 1.54) is 19.3 Å². The molecule has 2 unspecified atom stereocenters. The third-order valence-electron chi connectivity index (χ3n) is 3.83. The van der Waals surface area contributed by atoms with Gasteiger partial charge in [-0.05, 0) is 31.1 Å². The monoisotopic (exact) mass is 245 g/mol. The molecule has 0 aromatic carbocycles. The van der Waals surface area contributed by atoms with E-state index in [1.54, 1.807) is 0 Å². The zero-order valence-electron chi connectivity index (χ0n) is 11.0. The van der Waals surface area contributed by atoms with Gasteiger partial charge in [0.1, 0.15) is 0 Å². The van der Waals surface area contributed by atoms with Crippen molar-refractivity contribution in [2.75, 3.05) is 18.8 Å². The molecule has 2 nitrogen and oxygen atoms in total. The molecule has 0 aliphatic heterocycles. The fraction of sp³-hybridized carbons (Fsp3) is 1.00. The minimum atomic E-state index is -0.424. The van der Waals surface area contributed by atoms with E-state index >= 15 is 0 Å². The van der Waals surface area contributed by atoms with Gasteiger partial charge in [-0.2, -0.15) is 11.8 Å². The highest BCUT2D eigenvalue weighted by Gasteiger charge is 2.44. The topological polar surface area (TPSA) is 32.3 Å². The SMILES string of the molecule is CCSC1CCC1(O)CNCC(CC)CC. The molecule has 3 heteroatoms. The molecule has 0 bridgehead atoms. The summed E-state index contributed by atoms with van der Waals surface area (Å²) in [6, 6.07) is 0. The van der Waals surface area contributed by atoms with E-state index in [9.17, 15) is 5.11 Å². The summed E-state index contributed by atoms with van der Waals surface area (Å²) in [5.74, 6) is 1.88. The molecule has 0 saturated heterocycles. The van der Waals surface area contributed by atoms with Crippen molar-refractivity contribution in [3.8, 4) is 0 Å². The van der Waals surface area contributed by atoms with Gasteiger partial charge < -0.3 is 10.4 Å². The third-order valence-corrected chi connectivity index (χ3v) is 5.24. The van der Waals surface area contributed by atoms with Gasteiger partial charge in [-0.15, -0.1) is 0 Å². The van der Waals surface area contributed by atoms with E-state index in [-0.39, 0.29) is 0 Å². The second-order valence-corrected chi connectivity index (χ2v) is 6.38. The van der Waals surface area contributed by atoms with Crippen LogP contribution in [0.25, 0.3) is 0 Å². The summed E-state index contributed by atoms with van der Waals surface area (Å²) in [5.41, 5.74) is -0.424. The number of hydrogen-bond donors (Lipinski definition) is 2. The van der Waals surface area contributed by atoms with Crippen molar-refractivity contribution in [1.29, 1.82) is 0 Å². The predicted molar refractivity (Wildman–Crippen MR) is 73.0 cm³/mol. The van der Waals surface area contributed by atoms with Crippen molar-refractivity contribution in [3.05, 3.63) is 0 Å². The van der Waals surface area contributed by atoms with Gasteiger partial charge in [-0.3, -0.25) is 0 Å². The van der Waals surface area contributed by atoms with E-state index < -0.39 is 5.60 Å². The Morgan fingerprint density at radius 3 is 2.50 bits per heavy atom. The van der Waals surface area contributed by atoms with E-state index in [0.717, 1.165) is 31.2 Å². The minimum Gasteiger partial charge on any atom is -0.387 e. The normalized spacial score (nSPS) is 29.4. The Kier molecular flexibility index (Phi) is 6.16. The summed E-state index contributed by atoms with van der Waals surface area (Å²) in [6.45, 7) is 8.48. The van der Waals surface area contributed by atoms with Crippen LogP contribution in [0, 0.1) is 5.92 Å². The van der Waals surface area contributed by atoms with Crippen LogP contribution in [0.1, 0.15) is 46.5 Å². The van der Waals surface area contributed by atoms with Gasteiger partial charge in [0.25, 0.3) is 0 Å². The highest BCUT2D eigenvalue weighted by molar-refractivity contribution is 8.00. The van der Waals surface area contributed by atoms with Gasteiger partial charge >= 0.3 is 0 Å². The molecule has 1 saturated carbocycles. The molecule has 0 heterocycles. The first-order chi connectivity index (χ1) is 7.66. The second kappa shape index (κ2) is 6.87. The summed E-state index contributed by atoms with van der Waals surface area (Å²) in [7, 11) is 0. The molecule has 0 aromatic heterocycles. The summed E-state index contributed by atoms with van der Waals surface area (Å²) in [4.78, 5) is 0. The molecule has 1 fully saturated rings. The molecule has 1 rings (SSSR count). The minimum absolute atomic E-state index is 0.424. The average Bonchev–Trinajstić information content (AvgIpc) is 2.30. The highest BCUT2D eigenvalue weighted by Crippen LogP contribution is 2.40. The lowest BCUT2D eigenvalue weighted by Crippen LogP contribution is -2.56. The zero-order valence-corrected chi connectivity index (χ0v) is 11.8. The van der Waals surface area contributed by atoms with Crippen LogP contribution in [0.15, 0.2) is 0 Å². The van der Waals surface area contributed by atoms with Crippen molar-refractivity contribution >= 4 is 11.8 Å². The Labute approximate surface area is 105 Å². The van der Waals surface area contributed by atoms with Crippen molar-refractivity contribution in [3.63, 3.8) is 0 Å². The summed E-state index contributed by atoms with van der Waals surface area (Å²) < 4.78 is 0. The highest BCUT2D eigenvalue weighted by atomic mass is 32.2. The van der Waals surface area contributed by atoms with E-state index in [4.69, 9.17) is 0 Å². The molecule has 0 amide bonds. The van der Waals surface area contributed by atoms with Crippen molar-refractivity contribution in [1.82, 2.24) is 5.32 Å². The lowest BCUT2D eigenvalue weighted by atomic mass is 9.79. The van der Waals surface area contributed by atoms with Crippen LogP contribution in [0.5, 0.6) is 0 Å². The quantitative estimate of drug-likeness (QED) is 0.689. The molecule has 0 spiro atoms. The third kappa shape index (κ3) is 3.64. The van der Waals surface area contributed by atoms with Crippen LogP contribution >= 0.6 is 11.8 Å². The molecule has 1 aliphatic rings. The fourth-order valence-electron chi connectivity index (χ4n) is 2.31. The van der Waals surface area contributed by atoms with Crippen LogP contribution in [0.2, 0.25) is 0 Å². The van der Waals surface area contributed by atoms with Gasteiger partial charge in [0, 0.05) is 11.8 Å².